The SMILES string of the molecule is Cc1cc(/C=N/NC(=O)Cc2csc(-c3ccccc3)n2)cc(C)c1O. The summed E-state index contributed by atoms with van der Waals surface area (Å²) in [6, 6.07) is 13.5. The number of amides is 1. The summed E-state index contributed by atoms with van der Waals surface area (Å²) < 4.78 is 0. The van der Waals surface area contributed by atoms with Gasteiger partial charge in [-0.3, -0.25) is 4.79 Å². The van der Waals surface area contributed by atoms with Crippen LogP contribution < -0.4 is 5.43 Å². The van der Waals surface area contributed by atoms with Gasteiger partial charge < -0.3 is 5.11 Å². The van der Waals surface area contributed by atoms with Gasteiger partial charge in [0.1, 0.15) is 10.8 Å². The van der Waals surface area contributed by atoms with Crippen molar-refractivity contribution in [3.63, 3.8) is 0 Å². The molecule has 26 heavy (non-hydrogen) atoms. The van der Waals surface area contributed by atoms with Crippen molar-refractivity contribution < 1.29 is 9.90 Å². The topological polar surface area (TPSA) is 74.6 Å². The molecule has 0 aliphatic rings. The van der Waals surface area contributed by atoms with Crippen LogP contribution in [0.4, 0.5) is 0 Å². The Morgan fingerprint density at radius 2 is 1.92 bits per heavy atom. The molecule has 0 unspecified atom stereocenters. The average Bonchev–Trinajstić information content (AvgIpc) is 3.09. The van der Waals surface area contributed by atoms with Gasteiger partial charge in [0, 0.05) is 10.9 Å². The highest BCUT2D eigenvalue weighted by Crippen LogP contribution is 2.23. The van der Waals surface area contributed by atoms with E-state index < -0.39 is 0 Å². The van der Waals surface area contributed by atoms with Crippen molar-refractivity contribution in [2.24, 2.45) is 5.10 Å². The zero-order chi connectivity index (χ0) is 18.5. The van der Waals surface area contributed by atoms with Gasteiger partial charge in [-0.15, -0.1) is 11.3 Å². The van der Waals surface area contributed by atoms with Crippen molar-refractivity contribution in [3.8, 4) is 16.3 Å². The largest absolute Gasteiger partial charge is 0.507 e. The van der Waals surface area contributed by atoms with Crippen LogP contribution in [0.15, 0.2) is 52.9 Å². The predicted octanol–water partition coefficient (Wildman–Crippen LogP) is 3.83. The first kappa shape index (κ1) is 17.8. The molecule has 0 saturated heterocycles. The Kier molecular flexibility index (Phi) is 5.43. The number of nitrogens with one attached hydrogen (secondary N) is 1. The van der Waals surface area contributed by atoms with Crippen molar-refractivity contribution in [2.75, 3.05) is 0 Å². The summed E-state index contributed by atoms with van der Waals surface area (Å²) in [6.45, 7) is 3.65. The van der Waals surface area contributed by atoms with Crippen LogP contribution >= 0.6 is 11.3 Å². The second kappa shape index (κ2) is 7.93. The Balaban J connectivity index is 1.59. The van der Waals surface area contributed by atoms with Crippen LogP contribution in [-0.2, 0) is 11.2 Å². The molecule has 2 aromatic carbocycles. The molecule has 0 aliphatic carbocycles. The zero-order valence-corrected chi connectivity index (χ0v) is 15.4. The number of thiazole rings is 1. The van der Waals surface area contributed by atoms with E-state index in [1.54, 1.807) is 6.21 Å². The normalized spacial score (nSPS) is 11.0. The highest BCUT2D eigenvalue weighted by molar-refractivity contribution is 7.13. The first-order valence-corrected chi connectivity index (χ1v) is 9.03. The molecule has 1 amide bonds. The number of carbonyl (C=O) groups is 1. The summed E-state index contributed by atoms with van der Waals surface area (Å²) in [7, 11) is 0. The first-order chi connectivity index (χ1) is 12.5. The number of benzene rings is 2. The van der Waals surface area contributed by atoms with Crippen molar-refractivity contribution in [1.29, 1.82) is 0 Å². The Labute approximate surface area is 156 Å². The smallest absolute Gasteiger partial charge is 0.246 e. The highest BCUT2D eigenvalue weighted by Gasteiger charge is 2.08. The fourth-order valence-corrected chi connectivity index (χ4v) is 3.37. The van der Waals surface area contributed by atoms with Gasteiger partial charge in [-0.05, 0) is 42.7 Å². The van der Waals surface area contributed by atoms with E-state index in [1.807, 2.05) is 61.7 Å². The van der Waals surface area contributed by atoms with E-state index in [1.165, 1.54) is 11.3 Å². The van der Waals surface area contributed by atoms with E-state index in [0.29, 0.717) is 0 Å². The lowest BCUT2D eigenvalue weighted by atomic mass is 10.1. The molecule has 3 rings (SSSR count). The van der Waals surface area contributed by atoms with Gasteiger partial charge in [-0.2, -0.15) is 5.10 Å². The minimum absolute atomic E-state index is 0.175. The number of hydrogen-bond donors (Lipinski definition) is 2. The third kappa shape index (κ3) is 4.34. The van der Waals surface area contributed by atoms with Crippen molar-refractivity contribution >= 4 is 23.5 Å². The van der Waals surface area contributed by atoms with E-state index >= 15 is 0 Å². The van der Waals surface area contributed by atoms with Gasteiger partial charge in [-0.1, -0.05) is 30.3 Å². The third-order valence-corrected chi connectivity index (χ3v) is 4.77. The van der Waals surface area contributed by atoms with Gasteiger partial charge in [-0.25, -0.2) is 10.4 Å². The number of phenols is 1. The number of aryl methyl sites for hydroxylation is 2. The first-order valence-electron chi connectivity index (χ1n) is 8.15. The zero-order valence-electron chi connectivity index (χ0n) is 14.6. The highest BCUT2D eigenvalue weighted by atomic mass is 32.1. The molecule has 2 N–H and O–H groups in total. The molecular weight excluding hydrogens is 346 g/mol. The van der Waals surface area contributed by atoms with Crippen molar-refractivity contribution in [2.45, 2.75) is 20.3 Å². The molecule has 0 spiro atoms. The molecule has 0 aliphatic heterocycles. The number of hydrogen-bond acceptors (Lipinski definition) is 5. The number of rotatable bonds is 5. The predicted molar refractivity (Wildman–Crippen MR) is 105 cm³/mol. The molecule has 1 aromatic heterocycles. The molecular formula is C20H19N3O2S. The van der Waals surface area contributed by atoms with E-state index in [9.17, 15) is 9.90 Å². The van der Waals surface area contributed by atoms with Crippen LogP contribution in [0.1, 0.15) is 22.4 Å². The van der Waals surface area contributed by atoms with E-state index in [4.69, 9.17) is 0 Å². The molecule has 0 saturated carbocycles. The molecule has 132 valence electrons. The maximum absolute atomic E-state index is 12.0. The van der Waals surface area contributed by atoms with Gasteiger partial charge in [0.25, 0.3) is 0 Å². The number of aromatic hydroxyl groups is 1. The standard InChI is InChI=1S/C20H19N3O2S/c1-13-8-15(9-14(2)19(13)25)11-21-23-18(24)10-17-12-26-20(22-17)16-6-4-3-5-7-16/h3-9,11-12,25H,10H2,1-2H3,(H,23,24)/b21-11+. The monoisotopic (exact) mass is 365 g/mol. The van der Waals surface area contributed by atoms with Gasteiger partial charge in [0.05, 0.1) is 18.3 Å². The summed E-state index contributed by atoms with van der Waals surface area (Å²) in [4.78, 5) is 16.5. The summed E-state index contributed by atoms with van der Waals surface area (Å²) in [5, 5.41) is 16.5. The summed E-state index contributed by atoms with van der Waals surface area (Å²) in [5.41, 5.74) is 6.64. The van der Waals surface area contributed by atoms with E-state index in [0.717, 1.165) is 33.0 Å². The lowest BCUT2D eigenvalue weighted by molar-refractivity contribution is -0.120. The maximum atomic E-state index is 12.0. The lowest BCUT2D eigenvalue weighted by Gasteiger charge is -2.04. The fourth-order valence-electron chi connectivity index (χ4n) is 2.55. The van der Waals surface area contributed by atoms with Crippen LogP contribution in [0, 0.1) is 13.8 Å². The molecule has 1 heterocycles. The van der Waals surface area contributed by atoms with Crippen molar-refractivity contribution in [1.82, 2.24) is 10.4 Å². The summed E-state index contributed by atoms with van der Waals surface area (Å²) in [5.74, 6) is 0.0577. The molecule has 0 atom stereocenters. The lowest BCUT2D eigenvalue weighted by Crippen LogP contribution is -2.19. The second-order valence-electron chi connectivity index (χ2n) is 5.98. The molecule has 6 heteroatoms. The van der Waals surface area contributed by atoms with Crippen LogP contribution in [0.25, 0.3) is 10.6 Å². The molecule has 0 radical (unpaired) electrons. The van der Waals surface area contributed by atoms with Gasteiger partial charge in [0.15, 0.2) is 0 Å². The fraction of sp³-hybridized carbons (Fsp3) is 0.150. The van der Waals surface area contributed by atoms with Gasteiger partial charge >= 0.3 is 0 Å². The van der Waals surface area contributed by atoms with Crippen LogP contribution in [-0.4, -0.2) is 22.2 Å². The molecule has 0 fully saturated rings. The van der Waals surface area contributed by atoms with Gasteiger partial charge in [0.2, 0.25) is 5.91 Å². The number of aromatic nitrogens is 1. The number of hydrazone groups is 1. The quantitative estimate of drug-likeness (QED) is 0.533. The number of nitrogens with zero attached hydrogens (tertiary/aromatic N) is 2. The van der Waals surface area contributed by atoms with Crippen LogP contribution in [0.3, 0.4) is 0 Å². The Morgan fingerprint density at radius 3 is 2.62 bits per heavy atom. The molecule has 5 nitrogen and oxygen atoms in total. The Bertz CT molecular complexity index is 926. The summed E-state index contributed by atoms with van der Waals surface area (Å²) in [6.07, 6.45) is 1.74. The molecule has 0 bridgehead atoms. The van der Waals surface area contributed by atoms with E-state index in [-0.39, 0.29) is 18.1 Å². The minimum atomic E-state index is -0.224. The molecule has 3 aromatic rings. The minimum Gasteiger partial charge on any atom is -0.507 e. The van der Waals surface area contributed by atoms with Crippen molar-refractivity contribution in [3.05, 3.63) is 70.2 Å². The third-order valence-electron chi connectivity index (χ3n) is 3.83. The van der Waals surface area contributed by atoms with Crippen LogP contribution in [0.2, 0.25) is 0 Å². The second-order valence-corrected chi connectivity index (χ2v) is 6.84. The average molecular weight is 365 g/mol. The Hall–Kier alpha value is -2.99. The summed E-state index contributed by atoms with van der Waals surface area (Å²) >= 11 is 1.52. The Morgan fingerprint density at radius 1 is 1.23 bits per heavy atom. The van der Waals surface area contributed by atoms with Crippen LogP contribution in [0.5, 0.6) is 5.75 Å². The number of phenolic OH excluding ortho intramolecular Hbond substituents is 1. The number of carbonyl (C=O) groups excluding carboxylic acids is 1. The maximum Gasteiger partial charge on any atom is 0.246 e. The van der Waals surface area contributed by atoms with E-state index in [2.05, 4.69) is 15.5 Å².